The Bertz CT molecular complexity index is 742. The van der Waals surface area contributed by atoms with Crippen molar-refractivity contribution in [1.29, 1.82) is 0 Å². The highest BCUT2D eigenvalue weighted by molar-refractivity contribution is 7.86. The predicted octanol–water partition coefficient (Wildman–Crippen LogP) is 5.05. The Morgan fingerprint density at radius 3 is 1.50 bits per heavy atom. The summed E-state index contributed by atoms with van der Waals surface area (Å²) in [5.41, 5.74) is 1.48. The second kappa shape index (κ2) is 8.35. The molecule has 0 aromatic heterocycles. The molecule has 0 radical (unpaired) electrons. The van der Waals surface area contributed by atoms with Crippen LogP contribution in [0.2, 0.25) is 0 Å². The lowest BCUT2D eigenvalue weighted by atomic mass is 10.1. The molecule has 0 fully saturated rings. The highest BCUT2D eigenvalue weighted by Crippen LogP contribution is 2.54. The van der Waals surface area contributed by atoms with Gasteiger partial charge >= 0.3 is 23.3 Å². The summed E-state index contributed by atoms with van der Waals surface area (Å²) >= 11 is 0. The smallest absolute Gasteiger partial charge is 0.460 e. The van der Waals surface area contributed by atoms with Crippen molar-refractivity contribution in [3.63, 3.8) is 0 Å². The molecule has 0 amide bonds. The summed E-state index contributed by atoms with van der Waals surface area (Å²) in [5.74, 6) is -14.8. The van der Waals surface area contributed by atoms with Gasteiger partial charge in [-0.15, -0.1) is 0 Å². The standard InChI is InChI=1S/C10H16P.C4HF9O3S/c1-11(2,3)9-10-7-5-4-6-8-10;5-1(6,3(9,10)11)2(7,8)4(12,13)17(14,15)16/h4-8H,9H2,1-3H3;(H,14,15,16)/q+1;/p-1. The normalized spacial score (nSPS) is 14.3. The number of benzene rings is 1. The van der Waals surface area contributed by atoms with Crippen LogP contribution in [0.5, 0.6) is 0 Å². The van der Waals surface area contributed by atoms with Gasteiger partial charge < -0.3 is 4.55 Å². The van der Waals surface area contributed by atoms with E-state index >= 15 is 0 Å². The Kier molecular flexibility index (Phi) is 8.03. The van der Waals surface area contributed by atoms with E-state index in [0.29, 0.717) is 0 Å². The lowest BCUT2D eigenvalue weighted by Crippen LogP contribution is -2.63. The summed E-state index contributed by atoms with van der Waals surface area (Å²) in [4.78, 5) is 0. The molecule has 1 aromatic rings. The zero-order valence-corrected chi connectivity index (χ0v) is 16.3. The number of halogens is 9. The van der Waals surface area contributed by atoms with Crippen molar-refractivity contribution < 1.29 is 52.5 Å². The van der Waals surface area contributed by atoms with Crippen molar-refractivity contribution in [1.82, 2.24) is 0 Å². The fraction of sp³-hybridized carbons (Fsp3) is 0.571. The van der Waals surface area contributed by atoms with Gasteiger partial charge in [0.15, 0.2) is 10.1 Å². The number of hydrogen-bond donors (Lipinski definition) is 0. The molecule has 164 valence electrons. The first-order valence-electron chi connectivity index (χ1n) is 7.08. The van der Waals surface area contributed by atoms with Crippen LogP contribution in [0, 0.1) is 0 Å². The zero-order valence-electron chi connectivity index (χ0n) is 14.6. The van der Waals surface area contributed by atoms with E-state index in [9.17, 15) is 52.5 Å². The first-order chi connectivity index (χ1) is 12.1. The van der Waals surface area contributed by atoms with E-state index in [1.807, 2.05) is 0 Å². The second-order valence-corrected chi connectivity index (χ2v) is 12.9. The third-order valence-electron chi connectivity index (χ3n) is 2.93. The maximum Gasteiger partial charge on any atom is 0.460 e. The molecule has 0 bridgehead atoms. The van der Waals surface area contributed by atoms with Gasteiger partial charge in [-0.3, -0.25) is 0 Å². The Morgan fingerprint density at radius 2 is 1.21 bits per heavy atom. The molecule has 0 aliphatic heterocycles. The summed E-state index contributed by atoms with van der Waals surface area (Å²) < 4.78 is 135. The maximum absolute atomic E-state index is 12.2. The van der Waals surface area contributed by atoms with Crippen LogP contribution in [0.25, 0.3) is 0 Å². The molecule has 1 aromatic carbocycles. The molecule has 0 saturated heterocycles. The monoisotopic (exact) mass is 466 g/mol. The van der Waals surface area contributed by atoms with Gasteiger partial charge in [0, 0.05) is 27.3 Å². The van der Waals surface area contributed by atoms with Crippen molar-refractivity contribution in [2.75, 3.05) is 20.0 Å². The number of rotatable bonds is 5. The molecule has 3 nitrogen and oxygen atoms in total. The van der Waals surface area contributed by atoms with Crippen molar-refractivity contribution in [2.24, 2.45) is 0 Å². The average Bonchev–Trinajstić information content (AvgIpc) is 2.44. The van der Waals surface area contributed by atoms with Crippen molar-refractivity contribution in [3.8, 4) is 0 Å². The van der Waals surface area contributed by atoms with E-state index in [-0.39, 0.29) is 0 Å². The first kappa shape index (κ1) is 26.9. The molecular formula is C14H16F9O3PS. The van der Waals surface area contributed by atoms with Gasteiger partial charge in [0.2, 0.25) is 0 Å². The molecule has 0 unspecified atom stereocenters. The van der Waals surface area contributed by atoms with E-state index in [2.05, 4.69) is 50.3 Å². The Hall–Kier alpha value is -1.07. The van der Waals surface area contributed by atoms with E-state index in [1.165, 1.54) is 11.7 Å². The quantitative estimate of drug-likeness (QED) is 0.347. The molecule has 1 rings (SSSR count). The summed E-state index contributed by atoms with van der Waals surface area (Å²) in [7, 11) is -8.05. The zero-order chi connectivity index (χ0) is 22.8. The largest absolute Gasteiger partial charge is 0.743 e. The maximum atomic E-state index is 12.2. The molecule has 28 heavy (non-hydrogen) atoms. The Balaban J connectivity index is 0.000000567. The van der Waals surface area contributed by atoms with Crippen LogP contribution < -0.4 is 0 Å². The summed E-state index contributed by atoms with van der Waals surface area (Å²) in [6.07, 6.45) is -5.89. The molecule has 0 atom stereocenters. The number of hydrogen-bond acceptors (Lipinski definition) is 3. The summed E-state index contributed by atoms with van der Waals surface area (Å²) in [6, 6.07) is 10.7. The summed E-state index contributed by atoms with van der Waals surface area (Å²) in [5, 5.41) is -7.11. The van der Waals surface area contributed by atoms with E-state index < -0.39 is 40.7 Å². The third kappa shape index (κ3) is 6.21. The van der Waals surface area contributed by atoms with Crippen LogP contribution in [0.15, 0.2) is 30.3 Å². The average molecular weight is 466 g/mol. The minimum absolute atomic E-state index is 0.638. The van der Waals surface area contributed by atoms with Crippen LogP contribution in [0.3, 0.4) is 0 Å². The van der Waals surface area contributed by atoms with E-state index in [0.717, 1.165) is 0 Å². The second-order valence-electron chi connectivity index (χ2n) is 6.55. The predicted molar refractivity (Wildman–Crippen MR) is 85.4 cm³/mol. The van der Waals surface area contributed by atoms with Gasteiger partial charge in [-0.2, -0.15) is 39.5 Å². The van der Waals surface area contributed by atoms with Crippen LogP contribution >= 0.6 is 7.26 Å². The Morgan fingerprint density at radius 1 is 0.821 bits per heavy atom. The van der Waals surface area contributed by atoms with Crippen molar-refractivity contribution >= 4 is 17.4 Å². The number of alkyl halides is 9. The minimum Gasteiger partial charge on any atom is -0.743 e. The molecule has 0 spiro atoms. The van der Waals surface area contributed by atoms with Crippen LogP contribution in [-0.4, -0.2) is 56.2 Å². The van der Waals surface area contributed by atoms with Gasteiger partial charge in [0.25, 0.3) is 0 Å². The van der Waals surface area contributed by atoms with Crippen molar-refractivity contribution in [2.45, 2.75) is 29.4 Å². The molecule has 0 N–H and O–H groups in total. The highest BCUT2D eigenvalue weighted by Gasteiger charge is 2.83. The summed E-state index contributed by atoms with van der Waals surface area (Å²) in [6.45, 7) is 7.12. The van der Waals surface area contributed by atoms with Gasteiger partial charge in [-0.1, -0.05) is 30.3 Å². The molecular weight excluding hydrogens is 450 g/mol. The van der Waals surface area contributed by atoms with Crippen LogP contribution in [-0.2, 0) is 16.3 Å². The third-order valence-corrected chi connectivity index (χ3v) is 5.13. The highest BCUT2D eigenvalue weighted by atomic mass is 32.2. The van der Waals surface area contributed by atoms with Gasteiger partial charge in [-0.05, 0) is 5.56 Å². The minimum atomic E-state index is -7.43. The lowest BCUT2D eigenvalue weighted by Gasteiger charge is -2.34. The molecule has 0 aliphatic carbocycles. The van der Waals surface area contributed by atoms with Gasteiger partial charge in [0.1, 0.15) is 0 Å². The van der Waals surface area contributed by atoms with Crippen molar-refractivity contribution in [3.05, 3.63) is 35.9 Å². The van der Waals surface area contributed by atoms with Gasteiger partial charge in [-0.25, -0.2) is 8.42 Å². The fourth-order valence-corrected chi connectivity index (χ4v) is 3.40. The molecule has 0 aliphatic rings. The topological polar surface area (TPSA) is 57.2 Å². The fourth-order valence-electron chi connectivity index (χ4n) is 1.65. The van der Waals surface area contributed by atoms with Crippen LogP contribution in [0.4, 0.5) is 39.5 Å². The van der Waals surface area contributed by atoms with Gasteiger partial charge in [0.05, 0.1) is 6.16 Å². The van der Waals surface area contributed by atoms with Crippen LogP contribution in [0.1, 0.15) is 5.56 Å². The molecule has 0 heterocycles. The Labute approximate surface area is 156 Å². The van der Waals surface area contributed by atoms with E-state index in [1.54, 1.807) is 0 Å². The molecule has 14 heteroatoms. The first-order valence-corrected chi connectivity index (χ1v) is 11.8. The lowest BCUT2D eigenvalue weighted by molar-refractivity contribution is -0.382. The SMILES string of the molecule is C[P+](C)(C)Cc1ccccc1.O=S(=O)([O-])C(F)(F)C(F)(F)C(F)(F)C(F)(F)F. The van der Waals surface area contributed by atoms with E-state index in [4.69, 9.17) is 0 Å². The molecule has 0 saturated carbocycles.